The van der Waals surface area contributed by atoms with Gasteiger partial charge in [-0.2, -0.15) is 0 Å². The smallest absolute Gasteiger partial charge is 0.245 e. The molecule has 2 rings (SSSR count). The van der Waals surface area contributed by atoms with E-state index in [1.807, 2.05) is 24.0 Å². The molecule has 3 N–H and O–H groups in total. The minimum Gasteiger partial charge on any atom is -0.389 e. The van der Waals surface area contributed by atoms with Crippen molar-refractivity contribution >= 4 is 28.9 Å². The monoisotopic (exact) mass is 308 g/mol. The molecule has 1 aliphatic rings. The van der Waals surface area contributed by atoms with E-state index in [2.05, 4.69) is 10.3 Å². The van der Waals surface area contributed by atoms with Gasteiger partial charge in [0.2, 0.25) is 5.91 Å². The second kappa shape index (κ2) is 7.33. The number of hydrogen-bond acceptors (Lipinski definition) is 5. The summed E-state index contributed by atoms with van der Waals surface area (Å²) in [5, 5.41) is 2.90. The number of carbonyl (C=O) groups is 1. The summed E-state index contributed by atoms with van der Waals surface area (Å²) in [6, 6.07) is 3.30. The predicted molar refractivity (Wildman–Crippen MR) is 85.4 cm³/mol. The molecular formula is C14H20N4O2S. The minimum atomic E-state index is -0.353. The fraction of sp³-hybridized carbons (Fsp3) is 0.500. The summed E-state index contributed by atoms with van der Waals surface area (Å²) >= 11 is 4.91. The van der Waals surface area contributed by atoms with Crippen molar-refractivity contribution in [1.82, 2.24) is 10.3 Å². The molecule has 2 heterocycles. The van der Waals surface area contributed by atoms with Gasteiger partial charge >= 0.3 is 0 Å². The molecule has 0 aromatic carbocycles. The number of rotatable bonds is 5. The quantitative estimate of drug-likeness (QED) is 0.769. The summed E-state index contributed by atoms with van der Waals surface area (Å²) < 4.78 is 5.43. The molecule has 7 heteroatoms. The van der Waals surface area contributed by atoms with E-state index < -0.39 is 0 Å². The van der Waals surface area contributed by atoms with Gasteiger partial charge in [0.15, 0.2) is 0 Å². The Kier molecular flexibility index (Phi) is 5.46. The number of ether oxygens (including phenoxy) is 1. The maximum atomic E-state index is 12.2. The van der Waals surface area contributed by atoms with Crippen LogP contribution in [0.2, 0.25) is 0 Å². The summed E-state index contributed by atoms with van der Waals surface area (Å²) in [5.74, 6) is 0.701. The van der Waals surface area contributed by atoms with Crippen LogP contribution in [0.25, 0.3) is 0 Å². The van der Waals surface area contributed by atoms with Crippen LogP contribution in [0, 0.1) is 0 Å². The molecule has 1 amide bonds. The van der Waals surface area contributed by atoms with Crippen molar-refractivity contribution in [1.29, 1.82) is 0 Å². The highest BCUT2D eigenvalue weighted by molar-refractivity contribution is 7.80. The van der Waals surface area contributed by atoms with Crippen LogP contribution in [-0.2, 0) is 9.53 Å². The van der Waals surface area contributed by atoms with Crippen LogP contribution in [0.5, 0.6) is 0 Å². The molecule has 1 unspecified atom stereocenters. The zero-order chi connectivity index (χ0) is 15.2. The first kappa shape index (κ1) is 15.7. The summed E-state index contributed by atoms with van der Waals surface area (Å²) in [4.78, 5) is 18.8. The van der Waals surface area contributed by atoms with Gasteiger partial charge in [0.25, 0.3) is 0 Å². The van der Waals surface area contributed by atoms with Crippen molar-refractivity contribution in [3.05, 3.63) is 23.9 Å². The highest BCUT2D eigenvalue weighted by Crippen LogP contribution is 2.18. The number of carbonyl (C=O) groups excluding carboxylic acids is 1. The topological polar surface area (TPSA) is 80.5 Å². The normalized spacial score (nSPS) is 18.3. The van der Waals surface area contributed by atoms with Crippen molar-refractivity contribution in [2.45, 2.75) is 19.4 Å². The second-order valence-electron chi connectivity index (χ2n) is 4.84. The third-order valence-corrected chi connectivity index (χ3v) is 3.54. The van der Waals surface area contributed by atoms with Crippen molar-refractivity contribution in [2.75, 3.05) is 31.2 Å². The predicted octanol–water partition coefficient (Wildman–Crippen LogP) is 0.447. The number of pyridine rings is 1. The molecule has 1 fully saturated rings. The molecule has 1 atom stereocenters. The zero-order valence-electron chi connectivity index (χ0n) is 12.0. The Hall–Kier alpha value is -1.73. The zero-order valence-corrected chi connectivity index (χ0v) is 12.9. The fourth-order valence-electron chi connectivity index (χ4n) is 2.16. The maximum absolute atomic E-state index is 12.2. The lowest BCUT2D eigenvalue weighted by Gasteiger charge is -2.35. The molecule has 0 saturated carbocycles. The molecule has 0 bridgehead atoms. The van der Waals surface area contributed by atoms with Crippen molar-refractivity contribution in [3.8, 4) is 0 Å². The van der Waals surface area contributed by atoms with Gasteiger partial charge < -0.3 is 20.7 Å². The third-order valence-electron chi connectivity index (χ3n) is 3.31. The van der Waals surface area contributed by atoms with Crippen molar-refractivity contribution in [2.24, 2.45) is 5.73 Å². The Bertz CT molecular complexity index is 506. The molecule has 6 nitrogen and oxygen atoms in total. The van der Waals surface area contributed by atoms with Gasteiger partial charge in [-0.05, 0) is 18.6 Å². The van der Waals surface area contributed by atoms with Gasteiger partial charge in [0, 0.05) is 24.8 Å². The van der Waals surface area contributed by atoms with Crippen LogP contribution in [0.3, 0.4) is 0 Å². The minimum absolute atomic E-state index is 0.0308. The van der Waals surface area contributed by atoms with Crippen LogP contribution in [0.4, 0.5) is 5.82 Å². The largest absolute Gasteiger partial charge is 0.389 e. The maximum Gasteiger partial charge on any atom is 0.245 e. The molecule has 1 aliphatic heterocycles. The Morgan fingerprint density at radius 2 is 2.43 bits per heavy atom. The molecule has 0 aliphatic carbocycles. The molecule has 114 valence electrons. The highest BCUT2D eigenvalue weighted by Gasteiger charge is 2.30. The van der Waals surface area contributed by atoms with Crippen molar-refractivity contribution < 1.29 is 9.53 Å². The van der Waals surface area contributed by atoms with Gasteiger partial charge in [0.1, 0.15) is 16.8 Å². The first-order chi connectivity index (χ1) is 10.1. The number of thiocarbonyl (C=S) groups is 1. The molecule has 1 saturated heterocycles. The van der Waals surface area contributed by atoms with Gasteiger partial charge in [-0.1, -0.05) is 19.1 Å². The average molecular weight is 308 g/mol. The summed E-state index contributed by atoms with van der Waals surface area (Å²) in [6.45, 7) is 4.26. The molecule has 21 heavy (non-hydrogen) atoms. The number of anilines is 1. The van der Waals surface area contributed by atoms with Crippen LogP contribution in [0.1, 0.15) is 18.9 Å². The van der Waals surface area contributed by atoms with Gasteiger partial charge in [0.05, 0.1) is 13.2 Å². The number of nitrogens with two attached hydrogens (primary N) is 1. The highest BCUT2D eigenvalue weighted by atomic mass is 32.1. The van der Waals surface area contributed by atoms with E-state index >= 15 is 0 Å². The number of amides is 1. The van der Waals surface area contributed by atoms with Gasteiger partial charge in [-0.25, -0.2) is 4.98 Å². The van der Waals surface area contributed by atoms with E-state index in [1.54, 1.807) is 6.20 Å². The lowest BCUT2D eigenvalue weighted by molar-refractivity contribution is -0.124. The van der Waals surface area contributed by atoms with Crippen LogP contribution in [0.15, 0.2) is 18.3 Å². The number of aromatic nitrogens is 1. The van der Waals surface area contributed by atoms with E-state index in [0.29, 0.717) is 36.9 Å². The molecule has 1 aromatic rings. The standard InChI is InChI=1S/C14H20N4O2S/c1-2-5-16-14(19)11-9-20-7-6-18(11)12-4-3-10(8-17-12)13(15)21/h3-4,8,11H,2,5-7,9H2,1H3,(H2,15,21)(H,16,19). The number of morpholine rings is 1. The van der Waals surface area contributed by atoms with Crippen LogP contribution in [-0.4, -0.2) is 48.2 Å². The Morgan fingerprint density at radius 1 is 1.62 bits per heavy atom. The van der Waals surface area contributed by atoms with Crippen LogP contribution < -0.4 is 16.0 Å². The summed E-state index contributed by atoms with van der Waals surface area (Å²) in [5.41, 5.74) is 6.28. The second-order valence-corrected chi connectivity index (χ2v) is 5.28. The Balaban J connectivity index is 2.14. The molecule has 0 spiro atoms. The lowest BCUT2D eigenvalue weighted by Crippen LogP contribution is -2.54. The van der Waals surface area contributed by atoms with Crippen molar-refractivity contribution in [3.63, 3.8) is 0 Å². The van der Waals surface area contributed by atoms with Crippen LogP contribution >= 0.6 is 12.2 Å². The summed E-state index contributed by atoms with van der Waals surface area (Å²) in [7, 11) is 0. The van der Waals surface area contributed by atoms with E-state index in [0.717, 1.165) is 12.2 Å². The SMILES string of the molecule is CCCNC(=O)C1COCCN1c1ccc(C(N)=S)cn1. The van der Waals surface area contributed by atoms with E-state index in [1.165, 1.54) is 0 Å². The Labute approximate surface area is 129 Å². The number of nitrogens with one attached hydrogen (secondary N) is 1. The van der Waals surface area contributed by atoms with Gasteiger partial charge in [-0.15, -0.1) is 0 Å². The first-order valence-corrected chi connectivity index (χ1v) is 7.42. The molecule has 0 radical (unpaired) electrons. The molecule has 1 aromatic heterocycles. The first-order valence-electron chi connectivity index (χ1n) is 7.01. The number of nitrogens with zero attached hydrogens (tertiary/aromatic N) is 2. The van der Waals surface area contributed by atoms with Gasteiger partial charge in [-0.3, -0.25) is 4.79 Å². The number of hydrogen-bond donors (Lipinski definition) is 2. The Morgan fingerprint density at radius 3 is 3.05 bits per heavy atom. The lowest BCUT2D eigenvalue weighted by atomic mass is 10.2. The third kappa shape index (κ3) is 3.89. The fourth-order valence-corrected chi connectivity index (χ4v) is 2.28. The van der Waals surface area contributed by atoms with E-state index in [4.69, 9.17) is 22.7 Å². The summed E-state index contributed by atoms with van der Waals surface area (Å²) in [6.07, 6.45) is 2.54. The van der Waals surface area contributed by atoms with E-state index in [-0.39, 0.29) is 11.9 Å². The average Bonchev–Trinajstić information content (AvgIpc) is 2.52. The van der Waals surface area contributed by atoms with E-state index in [9.17, 15) is 4.79 Å². The molecular weight excluding hydrogens is 288 g/mol.